The van der Waals surface area contributed by atoms with Gasteiger partial charge in [0.05, 0.1) is 6.04 Å². The Balaban J connectivity index is 2.84. The van der Waals surface area contributed by atoms with Crippen LogP contribution in [0.5, 0.6) is 5.75 Å². The average Bonchev–Trinajstić information content (AvgIpc) is 2.59. The van der Waals surface area contributed by atoms with E-state index in [0.717, 1.165) is 5.56 Å². The Labute approximate surface area is 158 Å². The molecule has 0 aliphatic rings. The van der Waals surface area contributed by atoms with Crippen molar-refractivity contribution >= 4 is 23.5 Å². The summed E-state index contributed by atoms with van der Waals surface area (Å²) in [6, 6.07) is 2.37. The molecule has 4 amide bonds. The predicted octanol–water partition coefficient (Wildman–Crippen LogP) is 0.556. The number of nitrogens with one attached hydrogen (secondary N) is 3. The average molecular weight is 379 g/mol. The van der Waals surface area contributed by atoms with Crippen LogP contribution in [-0.4, -0.2) is 41.6 Å². The number of benzene rings is 1. The minimum atomic E-state index is -0.848. The molecule has 1 aromatic rings. The Morgan fingerprint density at radius 3 is 2.44 bits per heavy atom. The van der Waals surface area contributed by atoms with E-state index >= 15 is 0 Å². The molecule has 0 bridgehead atoms. The molecule has 0 saturated carbocycles. The number of primary amides is 1. The third-order valence-corrected chi connectivity index (χ3v) is 4.10. The number of carbonyl (C=O) groups excluding carboxylic acids is 3. The van der Waals surface area contributed by atoms with Gasteiger partial charge in [-0.25, -0.2) is 4.79 Å². The third kappa shape index (κ3) is 7.53. The molecular weight excluding hydrogens is 350 g/mol. The maximum atomic E-state index is 12.7. The zero-order valence-corrected chi connectivity index (χ0v) is 15.9. The van der Waals surface area contributed by atoms with Crippen molar-refractivity contribution in [2.24, 2.45) is 17.4 Å². The van der Waals surface area contributed by atoms with Crippen molar-refractivity contribution in [2.45, 2.75) is 45.7 Å². The summed E-state index contributed by atoms with van der Waals surface area (Å²) in [5.74, 6) is -0.935. The van der Waals surface area contributed by atoms with Crippen molar-refractivity contribution < 1.29 is 19.5 Å². The molecule has 8 N–H and O–H groups in total. The summed E-state index contributed by atoms with van der Waals surface area (Å²) in [6.45, 7) is 5.68. The molecular formula is C18H29N5O4. The van der Waals surface area contributed by atoms with Gasteiger partial charge < -0.3 is 32.5 Å². The van der Waals surface area contributed by atoms with Crippen LogP contribution in [0.25, 0.3) is 0 Å². The highest BCUT2D eigenvalue weighted by atomic mass is 16.3. The fourth-order valence-corrected chi connectivity index (χ4v) is 2.32. The van der Waals surface area contributed by atoms with E-state index in [2.05, 4.69) is 16.0 Å². The van der Waals surface area contributed by atoms with Crippen molar-refractivity contribution in [2.75, 3.05) is 11.9 Å². The van der Waals surface area contributed by atoms with Crippen molar-refractivity contribution in [3.63, 3.8) is 0 Å². The van der Waals surface area contributed by atoms with Crippen LogP contribution >= 0.6 is 0 Å². The highest BCUT2D eigenvalue weighted by Crippen LogP contribution is 2.21. The molecule has 0 spiro atoms. The quantitative estimate of drug-likeness (QED) is 0.345. The van der Waals surface area contributed by atoms with Gasteiger partial charge in [-0.05, 0) is 37.3 Å². The number of aryl methyl sites for hydroxylation is 1. The van der Waals surface area contributed by atoms with Crippen molar-refractivity contribution in [1.82, 2.24) is 10.6 Å². The molecule has 0 aliphatic heterocycles. The van der Waals surface area contributed by atoms with E-state index in [1.54, 1.807) is 13.0 Å². The second-order valence-corrected chi connectivity index (χ2v) is 6.75. The second kappa shape index (κ2) is 10.4. The Hall–Kier alpha value is -2.81. The topological polar surface area (TPSA) is 160 Å². The van der Waals surface area contributed by atoms with Gasteiger partial charge in [-0.3, -0.25) is 9.59 Å². The second-order valence-electron chi connectivity index (χ2n) is 6.75. The molecule has 2 atom stereocenters. The van der Waals surface area contributed by atoms with E-state index < -0.39 is 29.9 Å². The molecule has 0 saturated heterocycles. The van der Waals surface area contributed by atoms with Gasteiger partial charge in [0.2, 0.25) is 11.8 Å². The van der Waals surface area contributed by atoms with E-state index in [4.69, 9.17) is 11.5 Å². The van der Waals surface area contributed by atoms with Crippen LogP contribution in [0.1, 0.15) is 32.3 Å². The summed E-state index contributed by atoms with van der Waals surface area (Å²) in [6.07, 6.45) is 0.706. The lowest BCUT2D eigenvalue weighted by atomic mass is 10.0. The van der Waals surface area contributed by atoms with Gasteiger partial charge >= 0.3 is 6.03 Å². The molecule has 0 aromatic heterocycles. The molecule has 1 aromatic carbocycles. The van der Waals surface area contributed by atoms with E-state index in [1.807, 2.05) is 13.8 Å². The number of anilines is 1. The number of hydrogen-bond donors (Lipinski definition) is 6. The highest BCUT2D eigenvalue weighted by Gasteiger charge is 2.25. The Morgan fingerprint density at radius 1 is 1.19 bits per heavy atom. The first kappa shape index (κ1) is 22.2. The molecule has 0 heterocycles. The van der Waals surface area contributed by atoms with Gasteiger partial charge in [0.15, 0.2) is 0 Å². The molecule has 9 heteroatoms. The first-order chi connectivity index (χ1) is 12.6. The smallest absolute Gasteiger partial charge is 0.312 e. The lowest BCUT2D eigenvalue weighted by Crippen LogP contribution is -2.51. The van der Waals surface area contributed by atoms with Gasteiger partial charge in [0.1, 0.15) is 11.8 Å². The van der Waals surface area contributed by atoms with E-state index in [1.165, 1.54) is 12.1 Å². The van der Waals surface area contributed by atoms with Crippen LogP contribution in [0.4, 0.5) is 10.5 Å². The number of hydrogen-bond acceptors (Lipinski definition) is 5. The molecule has 0 unspecified atom stereocenters. The summed E-state index contributed by atoms with van der Waals surface area (Å²) < 4.78 is 0. The molecule has 150 valence electrons. The van der Waals surface area contributed by atoms with Crippen LogP contribution in [0.2, 0.25) is 0 Å². The maximum absolute atomic E-state index is 12.7. The lowest BCUT2D eigenvalue weighted by Gasteiger charge is -2.22. The summed E-state index contributed by atoms with van der Waals surface area (Å²) in [4.78, 5) is 35.7. The molecule has 1 rings (SSSR count). The predicted molar refractivity (Wildman–Crippen MR) is 103 cm³/mol. The fourth-order valence-electron chi connectivity index (χ4n) is 2.32. The fraction of sp³-hybridized carbons (Fsp3) is 0.500. The summed E-state index contributed by atoms with van der Waals surface area (Å²) in [5.41, 5.74) is 12.1. The van der Waals surface area contributed by atoms with Gasteiger partial charge in [-0.1, -0.05) is 19.9 Å². The number of rotatable bonds is 9. The van der Waals surface area contributed by atoms with Crippen molar-refractivity contribution in [3.05, 3.63) is 23.8 Å². The number of phenols is 1. The summed E-state index contributed by atoms with van der Waals surface area (Å²) in [5, 5.41) is 17.4. The van der Waals surface area contributed by atoms with Crippen molar-refractivity contribution in [3.8, 4) is 5.75 Å². The zero-order chi connectivity index (χ0) is 20.6. The first-order valence-corrected chi connectivity index (χ1v) is 8.81. The normalized spacial score (nSPS) is 12.9. The van der Waals surface area contributed by atoms with Gasteiger partial charge in [-0.15, -0.1) is 0 Å². The minimum absolute atomic E-state index is 0.0176. The first-order valence-electron chi connectivity index (χ1n) is 8.81. The molecule has 9 nitrogen and oxygen atoms in total. The maximum Gasteiger partial charge on any atom is 0.312 e. The van der Waals surface area contributed by atoms with Crippen LogP contribution in [-0.2, 0) is 9.59 Å². The number of aromatic hydroxyl groups is 1. The number of carbonyl (C=O) groups is 3. The zero-order valence-electron chi connectivity index (χ0n) is 15.9. The van der Waals surface area contributed by atoms with Crippen LogP contribution in [0, 0.1) is 12.8 Å². The number of nitrogens with two attached hydrogens (primary N) is 2. The van der Waals surface area contributed by atoms with Gasteiger partial charge in [-0.2, -0.15) is 0 Å². The van der Waals surface area contributed by atoms with Crippen LogP contribution in [0.3, 0.4) is 0 Å². The molecule has 0 aliphatic carbocycles. The highest BCUT2D eigenvalue weighted by molar-refractivity contribution is 5.98. The molecule has 27 heavy (non-hydrogen) atoms. The Morgan fingerprint density at radius 2 is 1.85 bits per heavy atom. The number of phenolic OH excluding ortho intramolecular Hbond substituents is 1. The molecule has 0 radical (unpaired) electrons. The largest absolute Gasteiger partial charge is 0.508 e. The SMILES string of the molecule is Cc1ccc(O)cc1NC(=O)[C@H](CCCNC(N)=O)NC(=O)[C@@H](N)C(C)C. The summed E-state index contributed by atoms with van der Waals surface area (Å²) in [7, 11) is 0. The van der Waals surface area contributed by atoms with Gasteiger partial charge in [0.25, 0.3) is 0 Å². The monoisotopic (exact) mass is 379 g/mol. The lowest BCUT2D eigenvalue weighted by molar-refractivity contribution is -0.128. The Kier molecular flexibility index (Phi) is 8.53. The van der Waals surface area contributed by atoms with Crippen LogP contribution < -0.4 is 27.4 Å². The standard InChI is InChI=1S/C18H29N5O4/c1-10(2)15(19)17(26)22-13(5-4-8-21-18(20)27)16(25)23-14-9-12(24)7-6-11(14)3/h6-7,9-10,13,15,24H,4-5,8,19H2,1-3H3,(H,22,26)(H,23,25)(H3,20,21,27)/t13-,15-/m0/s1. The van der Waals surface area contributed by atoms with Crippen molar-refractivity contribution in [1.29, 1.82) is 0 Å². The number of urea groups is 1. The van der Waals surface area contributed by atoms with E-state index in [0.29, 0.717) is 12.1 Å². The Bertz CT molecular complexity index is 678. The third-order valence-electron chi connectivity index (χ3n) is 4.10. The minimum Gasteiger partial charge on any atom is -0.508 e. The van der Waals surface area contributed by atoms with E-state index in [-0.39, 0.29) is 24.6 Å². The number of amides is 4. The van der Waals surface area contributed by atoms with Crippen LogP contribution in [0.15, 0.2) is 18.2 Å². The molecule has 0 fully saturated rings. The van der Waals surface area contributed by atoms with Gasteiger partial charge in [0, 0.05) is 18.3 Å². The van der Waals surface area contributed by atoms with E-state index in [9.17, 15) is 19.5 Å². The summed E-state index contributed by atoms with van der Waals surface area (Å²) >= 11 is 0.